The van der Waals surface area contributed by atoms with Crippen molar-refractivity contribution >= 4 is 40.0 Å². The monoisotopic (exact) mass is 738 g/mol. The second-order valence-electron chi connectivity index (χ2n) is 17.6. The van der Waals surface area contributed by atoms with Crippen molar-refractivity contribution in [2.24, 2.45) is 10.8 Å². The highest BCUT2D eigenvalue weighted by Crippen LogP contribution is 2.53. The van der Waals surface area contributed by atoms with Crippen LogP contribution in [0.5, 0.6) is 0 Å². The smallest absolute Gasteiger partial charge is 0.238 e. The van der Waals surface area contributed by atoms with Crippen molar-refractivity contribution in [1.29, 1.82) is 0 Å². The Labute approximate surface area is 314 Å². The van der Waals surface area contributed by atoms with E-state index in [0.29, 0.717) is 73.1 Å². The summed E-state index contributed by atoms with van der Waals surface area (Å²) in [5.41, 5.74) is 3.61. The molecular weight excluding hydrogens is 691 g/mol. The fourth-order valence-electron chi connectivity index (χ4n) is 9.46. The Bertz CT molecular complexity index is 2170. The number of anilines is 3. The van der Waals surface area contributed by atoms with Crippen LogP contribution < -0.4 is 10.2 Å². The van der Waals surface area contributed by atoms with E-state index in [2.05, 4.69) is 51.1 Å². The van der Waals surface area contributed by atoms with E-state index in [9.17, 15) is 18.4 Å². The molecule has 0 bridgehead atoms. The molecule has 284 valence electrons. The first-order chi connectivity index (χ1) is 25.7. The zero-order valence-electron chi connectivity index (χ0n) is 31.7. The van der Waals surface area contributed by atoms with Gasteiger partial charge in [0.25, 0.3) is 0 Å². The van der Waals surface area contributed by atoms with Crippen molar-refractivity contribution in [2.75, 3.05) is 49.6 Å². The molecule has 9 rings (SSSR count). The minimum absolute atomic E-state index is 0.0301. The molecule has 3 aromatic heterocycles. The minimum Gasteiger partial charge on any atom is -0.379 e. The van der Waals surface area contributed by atoms with E-state index in [1.165, 1.54) is 6.42 Å². The molecule has 4 fully saturated rings. The average Bonchev–Trinajstić information content (AvgIpc) is 3.77. The number of likely N-dealkylation sites (tertiary alicyclic amines) is 2. The number of hydrogen-bond acceptors (Lipinski definition) is 8. The molecule has 0 atom stereocenters. The SMILES string of the molecule is CC(C)n1cnc2cc(-c3ccc4c(c3)N(C3CC(N5CCC(C)(C)C5)C3)C(=O)C43CCN(C(=O)C4(C)COC4)CC3)nc(Nc3cc(F)ncc3F)c21. The zero-order valence-corrected chi connectivity index (χ0v) is 31.7. The normalized spacial score (nSPS) is 24.3. The summed E-state index contributed by atoms with van der Waals surface area (Å²) in [5, 5.41) is 3.03. The maximum atomic E-state index is 14.9. The molecule has 11 nitrogen and oxygen atoms in total. The Balaban J connectivity index is 1.09. The zero-order chi connectivity index (χ0) is 37.7. The molecule has 1 aromatic carbocycles. The highest BCUT2D eigenvalue weighted by Gasteiger charge is 2.57. The van der Waals surface area contributed by atoms with Gasteiger partial charge in [-0.15, -0.1) is 0 Å². The molecule has 3 saturated heterocycles. The van der Waals surface area contributed by atoms with Gasteiger partial charge in [-0.1, -0.05) is 26.0 Å². The maximum Gasteiger partial charge on any atom is 0.238 e. The van der Waals surface area contributed by atoms with E-state index in [4.69, 9.17) is 9.72 Å². The third-order valence-electron chi connectivity index (χ3n) is 12.8. The summed E-state index contributed by atoms with van der Waals surface area (Å²) in [6.45, 7) is 14.7. The van der Waals surface area contributed by atoms with Gasteiger partial charge in [-0.2, -0.15) is 4.39 Å². The third-order valence-corrected chi connectivity index (χ3v) is 12.8. The Morgan fingerprint density at radius 2 is 1.74 bits per heavy atom. The minimum atomic E-state index is -0.811. The number of ether oxygens (including phenoxy) is 1. The molecular formula is C41H48F2N8O3. The van der Waals surface area contributed by atoms with Crippen molar-refractivity contribution in [3.63, 3.8) is 0 Å². The second-order valence-corrected chi connectivity index (χ2v) is 17.6. The Hall–Kier alpha value is -4.49. The highest BCUT2D eigenvalue weighted by molar-refractivity contribution is 6.09. The number of carbonyl (C=O) groups excluding carboxylic acids is 2. The number of nitrogens with zero attached hydrogens (tertiary/aromatic N) is 7. The number of hydrogen-bond donors (Lipinski definition) is 1. The maximum absolute atomic E-state index is 14.9. The lowest BCUT2D eigenvalue weighted by atomic mass is 9.72. The fraction of sp³-hybridized carbons (Fsp3) is 0.537. The van der Waals surface area contributed by atoms with Crippen LogP contribution in [0, 0.1) is 22.6 Å². The first-order valence-corrected chi connectivity index (χ1v) is 19.3. The number of piperidine rings is 1. The fourth-order valence-corrected chi connectivity index (χ4v) is 9.46. The number of fused-ring (bicyclic) bond motifs is 3. The predicted molar refractivity (Wildman–Crippen MR) is 201 cm³/mol. The standard InChI is InChI=1S/C41H48F2N8O3/c1-24(2)50-23-45-32-17-30(46-36(35(32)50)47-31-18-34(43)44-19-29(31)42)25-6-7-28-33(14-25)51(27-15-26(16-27)49-11-8-39(3,4)20-49)38(53)41(28)9-12-48(13-10-41)37(52)40(5)21-54-22-40/h6-7,14,17-19,23-24,26-27H,8-13,15-16,20-22H2,1-5H3,(H,44,46,47). The molecule has 4 aliphatic heterocycles. The van der Waals surface area contributed by atoms with Gasteiger partial charge in [0, 0.05) is 55.1 Å². The molecule has 7 heterocycles. The Morgan fingerprint density at radius 3 is 2.41 bits per heavy atom. The van der Waals surface area contributed by atoms with Crippen LogP contribution in [-0.4, -0.2) is 92.6 Å². The number of amides is 2. The number of pyridine rings is 2. The molecule has 0 unspecified atom stereocenters. The van der Waals surface area contributed by atoms with Crippen LogP contribution in [0.25, 0.3) is 22.3 Å². The summed E-state index contributed by atoms with van der Waals surface area (Å²) in [6, 6.07) is 9.62. The summed E-state index contributed by atoms with van der Waals surface area (Å²) < 4.78 is 36.4. The predicted octanol–water partition coefficient (Wildman–Crippen LogP) is 6.60. The molecule has 54 heavy (non-hydrogen) atoms. The summed E-state index contributed by atoms with van der Waals surface area (Å²) in [7, 11) is 0. The topological polar surface area (TPSA) is 109 Å². The summed E-state index contributed by atoms with van der Waals surface area (Å²) in [5.74, 6) is -0.947. The third kappa shape index (κ3) is 5.60. The first-order valence-electron chi connectivity index (χ1n) is 19.3. The quantitative estimate of drug-likeness (QED) is 0.212. The lowest BCUT2D eigenvalue weighted by Crippen LogP contribution is -2.59. The van der Waals surface area contributed by atoms with E-state index in [1.54, 1.807) is 6.33 Å². The van der Waals surface area contributed by atoms with E-state index < -0.39 is 22.6 Å². The molecule has 1 saturated carbocycles. The van der Waals surface area contributed by atoms with Crippen LogP contribution >= 0.6 is 0 Å². The van der Waals surface area contributed by atoms with E-state index >= 15 is 0 Å². The molecule has 0 radical (unpaired) electrons. The summed E-state index contributed by atoms with van der Waals surface area (Å²) in [4.78, 5) is 48.1. The highest BCUT2D eigenvalue weighted by atomic mass is 19.1. The van der Waals surface area contributed by atoms with Gasteiger partial charge in [0.1, 0.15) is 5.52 Å². The molecule has 1 aliphatic carbocycles. The van der Waals surface area contributed by atoms with Gasteiger partial charge in [-0.05, 0) is 82.5 Å². The van der Waals surface area contributed by atoms with Gasteiger partial charge in [0.15, 0.2) is 11.6 Å². The molecule has 5 aliphatic rings. The molecule has 4 aromatic rings. The van der Waals surface area contributed by atoms with Crippen LogP contribution in [-0.2, 0) is 19.7 Å². The van der Waals surface area contributed by atoms with Gasteiger partial charge < -0.3 is 24.4 Å². The number of nitrogens with one attached hydrogen (secondary N) is 1. The number of rotatable bonds is 7. The van der Waals surface area contributed by atoms with Crippen LogP contribution in [0.15, 0.2) is 42.9 Å². The van der Waals surface area contributed by atoms with Gasteiger partial charge >= 0.3 is 0 Å². The van der Waals surface area contributed by atoms with E-state index in [-0.39, 0.29) is 29.6 Å². The summed E-state index contributed by atoms with van der Waals surface area (Å²) >= 11 is 0. The molecule has 1 N–H and O–H groups in total. The lowest BCUT2D eigenvalue weighted by Gasteiger charge is -2.47. The Morgan fingerprint density at radius 1 is 0.981 bits per heavy atom. The second kappa shape index (κ2) is 12.5. The van der Waals surface area contributed by atoms with Crippen LogP contribution in [0.3, 0.4) is 0 Å². The number of aromatic nitrogens is 4. The lowest BCUT2D eigenvalue weighted by molar-refractivity contribution is -0.170. The number of imidazole rings is 1. The van der Waals surface area contributed by atoms with Gasteiger partial charge in [0.2, 0.25) is 17.8 Å². The average molecular weight is 739 g/mol. The van der Waals surface area contributed by atoms with Crippen molar-refractivity contribution in [3.05, 3.63) is 60.2 Å². The van der Waals surface area contributed by atoms with E-state index in [0.717, 1.165) is 55.0 Å². The van der Waals surface area contributed by atoms with Gasteiger partial charge in [-0.25, -0.2) is 19.3 Å². The van der Waals surface area contributed by atoms with Gasteiger partial charge in [-0.3, -0.25) is 14.5 Å². The first kappa shape index (κ1) is 35.2. The molecule has 13 heteroatoms. The number of carbonyl (C=O) groups is 2. The number of benzene rings is 1. The summed E-state index contributed by atoms with van der Waals surface area (Å²) in [6.07, 6.45) is 6.72. The number of halogens is 2. The molecule has 2 amide bonds. The largest absolute Gasteiger partial charge is 0.379 e. The van der Waals surface area contributed by atoms with Crippen molar-refractivity contribution in [3.8, 4) is 11.3 Å². The van der Waals surface area contributed by atoms with E-state index in [1.807, 2.05) is 42.4 Å². The van der Waals surface area contributed by atoms with Crippen LogP contribution in [0.1, 0.15) is 78.3 Å². The molecule has 1 spiro atoms. The van der Waals surface area contributed by atoms with Gasteiger partial charge in [0.05, 0.1) is 53.5 Å². The van der Waals surface area contributed by atoms with Crippen molar-refractivity contribution in [1.82, 2.24) is 29.3 Å². The van der Waals surface area contributed by atoms with Crippen molar-refractivity contribution < 1.29 is 23.1 Å². The van der Waals surface area contributed by atoms with Crippen molar-refractivity contribution in [2.45, 2.75) is 90.3 Å². The van der Waals surface area contributed by atoms with Crippen LogP contribution in [0.2, 0.25) is 0 Å². The van der Waals surface area contributed by atoms with Crippen LogP contribution in [0.4, 0.5) is 26.0 Å². The Kier molecular flexibility index (Phi) is 8.17.